The topological polar surface area (TPSA) is 47.3 Å². The van der Waals surface area contributed by atoms with Gasteiger partial charge in [-0.15, -0.1) is 0 Å². The molecule has 21 heavy (non-hydrogen) atoms. The Kier molecular flexibility index (Phi) is 9.92. The molecule has 0 amide bonds. The molecule has 1 unspecified atom stereocenters. The summed E-state index contributed by atoms with van der Waals surface area (Å²) in [6.45, 7) is 5.14. The monoisotopic (exact) mass is 292 g/mol. The van der Waals surface area contributed by atoms with Crippen LogP contribution in [0.5, 0.6) is 5.75 Å². The quantitative estimate of drug-likeness (QED) is 0.332. The standard InChI is InChI=1S/C18H32N2O/c1-3-5-6-7-8-9-10-18(20-19)16-11-13-17(14-12-16)21-15-4-2/h11-14,18,20H,3-10,15,19H2,1-2H3. The number of hydrogen-bond donors (Lipinski definition) is 2. The van der Waals surface area contributed by atoms with Gasteiger partial charge in [0, 0.05) is 6.04 Å². The Morgan fingerprint density at radius 1 is 0.952 bits per heavy atom. The molecule has 3 heteroatoms. The Morgan fingerprint density at radius 2 is 1.62 bits per heavy atom. The van der Waals surface area contributed by atoms with Crippen LogP contribution < -0.4 is 16.0 Å². The molecule has 0 saturated heterocycles. The maximum atomic E-state index is 5.70. The van der Waals surface area contributed by atoms with Crippen molar-refractivity contribution in [1.29, 1.82) is 0 Å². The van der Waals surface area contributed by atoms with Crippen molar-refractivity contribution in [3.8, 4) is 5.75 Å². The highest BCUT2D eigenvalue weighted by Gasteiger charge is 2.09. The van der Waals surface area contributed by atoms with Gasteiger partial charge in [0.2, 0.25) is 0 Å². The fourth-order valence-corrected chi connectivity index (χ4v) is 2.49. The Labute approximate surface area is 130 Å². The fraction of sp³-hybridized carbons (Fsp3) is 0.667. The second-order valence-electron chi connectivity index (χ2n) is 5.69. The SMILES string of the molecule is CCCCCCCCC(NN)c1ccc(OCCC)cc1. The third-order valence-electron chi connectivity index (χ3n) is 3.80. The molecule has 1 rings (SSSR count). The average molecular weight is 292 g/mol. The summed E-state index contributed by atoms with van der Waals surface area (Å²) < 4.78 is 5.61. The predicted octanol–water partition coefficient (Wildman–Crippen LogP) is 4.73. The Balaban J connectivity index is 2.33. The third kappa shape index (κ3) is 7.49. The van der Waals surface area contributed by atoms with Crippen LogP contribution in [0.2, 0.25) is 0 Å². The fourth-order valence-electron chi connectivity index (χ4n) is 2.49. The lowest BCUT2D eigenvalue weighted by molar-refractivity contribution is 0.317. The molecular formula is C18H32N2O. The van der Waals surface area contributed by atoms with Gasteiger partial charge in [-0.25, -0.2) is 0 Å². The largest absolute Gasteiger partial charge is 0.494 e. The van der Waals surface area contributed by atoms with Gasteiger partial charge < -0.3 is 4.74 Å². The minimum Gasteiger partial charge on any atom is -0.494 e. The van der Waals surface area contributed by atoms with E-state index in [9.17, 15) is 0 Å². The number of nitrogens with one attached hydrogen (secondary N) is 1. The number of hydrogen-bond acceptors (Lipinski definition) is 3. The molecule has 0 aliphatic rings. The second-order valence-corrected chi connectivity index (χ2v) is 5.69. The van der Waals surface area contributed by atoms with Crippen molar-refractivity contribution < 1.29 is 4.74 Å². The van der Waals surface area contributed by atoms with Gasteiger partial charge in [0.15, 0.2) is 0 Å². The Hall–Kier alpha value is -1.06. The minimum atomic E-state index is 0.247. The molecule has 0 fully saturated rings. The Bertz CT molecular complexity index is 351. The molecule has 0 heterocycles. The van der Waals surface area contributed by atoms with Crippen LogP contribution in [-0.2, 0) is 0 Å². The number of unbranched alkanes of at least 4 members (excludes halogenated alkanes) is 5. The van der Waals surface area contributed by atoms with E-state index in [1.807, 2.05) is 12.1 Å². The van der Waals surface area contributed by atoms with Gasteiger partial charge in [-0.3, -0.25) is 11.3 Å². The predicted molar refractivity (Wildman–Crippen MR) is 90.3 cm³/mol. The van der Waals surface area contributed by atoms with Gasteiger partial charge in [0.05, 0.1) is 6.61 Å². The van der Waals surface area contributed by atoms with E-state index in [4.69, 9.17) is 10.6 Å². The first-order valence-corrected chi connectivity index (χ1v) is 8.50. The normalized spacial score (nSPS) is 12.3. The summed E-state index contributed by atoms with van der Waals surface area (Å²) in [5.74, 6) is 6.64. The number of rotatable bonds is 12. The summed E-state index contributed by atoms with van der Waals surface area (Å²) in [6.07, 6.45) is 10.0. The minimum absolute atomic E-state index is 0.247. The summed E-state index contributed by atoms with van der Waals surface area (Å²) >= 11 is 0. The molecule has 0 bridgehead atoms. The first kappa shape index (κ1) is 18.0. The third-order valence-corrected chi connectivity index (χ3v) is 3.80. The van der Waals surface area contributed by atoms with Gasteiger partial charge >= 0.3 is 0 Å². The highest BCUT2D eigenvalue weighted by Crippen LogP contribution is 2.22. The van der Waals surface area contributed by atoms with Crippen molar-refractivity contribution in [1.82, 2.24) is 5.43 Å². The van der Waals surface area contributed by atoms with Crippen molar-refractivity contribution in [2.45, 2.75) is 71.3 Å². The first-order chi connectivity index (χ1) is 10.3. The van der Waals surface area contributed by atoms with Gasteiger partial charge in [-0.05, 0) is 30.5 Å². The number of ether oxygens (including phenoxy) is 1. The van der Waals surface area contributed by atoms with Crippen molar-refractivity contribution in [3.05, 3.63) is 29.8 Å². The smallest absolute Gasteiger partial charge is 0.119 e. The second kappa shape index (κ2) is 11.6. The van der Waals surface area contributed by atoms with E-state index in [1.165, 1.54) is 44.1 Å². The lowest BCUT2D eigenvalue weighted by Gasteiger charge is -2.17. The van der Waals surface area contributed by atoms with Crippen LogP contribution in [-0.4, -0.2) is 6.61 Å². The Morgan fingerprint density at radius 3 is 2.24 bits per heavy atom. The lowest BCUT2D eigenvalue weighted by atomic mass is 10.00. The molecule has 1 atom stereocenters. The van der Waals surface area contributed by atoms with E-state index in [2.05, 4.69) is 31.4 Å². The maximum absolute atomic E-state index is 5.70. The van der Waals surface area contributed by atoms with Crippen LogP contribution in [0.25, 0.3) is 0 Å². The molecule has 0 aliphatic heterocycles. The summed E-state index contributed by atoms with van der Waals surface area (Å²) in [5.41, 5.74) is 4.19. The van der Waals surface area contributed by atoms with E-state index >= 15 is 0 Å². The summed E-state index contributed by atoms with van der Waals surface area (Å²) in [7, 11) is 0. The highest BCUT2D eigenvalue weighted by molar-refractivity contribution is 5.29. The van der Waals surface area contributed by atoms with Crippen LogP contribution in [0.1, 0.15) is 76.8 Å². The zero-order valence-corrected chi connectivity index (χ0v) is 13.7. The van der Waals surface area contributed by atoms with Crippen LogP contribution in [0.15, 0.2) is 24.3 Å². The van der Waals surface area contributed by atoms with E-state index < -0.39 is 0 Å². The van der Waals surface area contributed by atoms with Crippen molar-refractivity contribution >= 4 is 0 Å². The number of hydrazine groups is 1. The van der Waals surface area contributed by atoms with E-state index in [-0.39, 0.29) is 6.04 Å². The molecule has 0 radical (unpaired) electrons. The van der Waals surface area contributed by atoms with Crippen LogP contribution >= 0.6 is 0 Å². The molecule has 1 aromatic rings. The average Bonchev–Trinajstić information content (AvgIpc) is 2.53. The molecule has 0 aromatic heterocycles. The summed E-state index contributed by atoms with van der Waals surface area (Å²) in [6, 6.07) is 8.56. The van der Waals surface area contributed by atoms with E-state index in [0.717, 1.165) is 25.2 Å². The first-order valence-electron chi connectivity index (χ1n) is 8.50. The molecule has 1 aromatic carbocycles. The van der Waals surface area contributed by atoms with Crippen LogP contribution in [0.3, 0.4) is 0 Å². The van der Waals surface area contributed by atoms with Crippen molar-refractivity contribution in [2.75, 3.05) is 6.61 Å². The maximum Gasteiger partial charge on any atom is 0.119 e. The number of benzene rings is 1. The van der Waals surface area contributed by atoms with Gasteiger partial charge in [-0.1, -0.05) is 64.5 Å². The van der Waals surface area contributed by atoms with Crippen LogP contribution in [0, 0.1) is 0 Å². The zero-order valence-electron chi connectivity index (χ0n) is 13.7. The molecule has 120 valence electrons. The zero-order chi connectivity index (χ0) is 15.3. The number of nitrogens with two attached hydrogens (primary N) is 1. The molecular weight excluding hydrogens is 260 g/mol. The van der Waals surface area contributed by atoms with Crippen LogP contribution in [0.4, 0.5) is 0 Å². The van der Waals surface area contributed by atoms with Gasteiger partial charge in [0.25, 0.3) is 0 Å². The van der Waals surface area contributed by atoms with Crippen molar-refractivity contribution in [2.24, 2.45) is 5.84 Å². The molecule has 0 aliphatic carbocycles. The lowest BCUT2D eigenvalue weighted by Crippen LogP contribution is -2.27. The molecule has 0 spiro atoms. The van der Waals surface area contributed by atoms with E-state index in [0.29, 0.717) is 0 Å². The summed E-state index contributed by atoms with van der Waals surface area (Å²) in [4.78, 5) is 0. The molecule has 3 N–H and O–H groups in total. The summed E-state index contributed by atoms with van der Waals surface area (Å²) in [5, 5.41) is 0. The van der Waals surface area contributed by atoms with E-state index in [1.54, 1.807) is 0 Å². The van der Waals surface area contributed by atoms with Crippen molar-refractivity contribution in [3.63, 3.8) is 0 Å². The highest BCUT2D eigenvalue weighted by atomic mass is 16.5. The molecule has 3 nitrogen and oxygen atoms in total. The molecule has 0 saturated carbocycles. The van der Waals surface area contributed by atoms with Gasteiger partial charge in [-0.2, -0.15) is 0 Å². The van der Waals surface area contributed by atoms with Gasteiger partial charge in [0.1, 0.15) is 5.75 Å².